The van der Waals surface area contributed by atoms with Gasteiger partial charge in [0.25, 0.3) is 0 Å². The van der Waals surface area contributed by atoms with Crippen molar-refractivity contribution in [1.29, 1.82) is 0 Å². The number of hydrogen-bond donors (Lipinski definition) is 0. The minimum absolute atomic E-state index is 0.0475. The maximum absolute atomic E-state index is 12.6. The SMILES string of the molecule is CC(C)(C)OC(=O)N1CCCC(S(=O)c2ccncc2)C1. The van der Waals surface area contributed by atoms with Crippen LogP contribution in [0.1, 0.15) is 33.6 Å². The zero-order valence-electron chi connectivity index (χ0n) is 12.7. The Labute approximate surface area is 128 Å². The van der Waals surface area contributed by atoms with Gasteiger partial charge >= 0.3 is 6.09 Å². The molecule has 2 rings (SSSR count). The summed E-state index contributed by atoms with van der Waals surface area (Å²) in [7, 11) is -1.12. The van der Waals surface area contributed by atoms with E-state index in [1.807, 2.05) is 20.8 Å². The van der Waals surface area contributed by atoms with Crippen molar-refractivity contribution in [2.75, 3.05) is 13.1 Å². The van der Waals surface area contributed by atoms with Gasteiger partial charge in [0.1, 0.15) is 5.60 Å². The van der Waals surface area contributed by atoms with E-state index in [1.54, 1.807) is 29.4 Å². The van der Waals surface area contributed by atoms with Gasteiger partial charge in [0.15, 0.2) is 0 Å². The Bertz CT molecular complexity index is 513. The van der Waals surface area contributed by atoms with Crippen molar-refractivity contribution in [2.45, 2.75) is 49.4 Å². The molecule has 1 amide bonds. The van der Waals surface area contributed by atoms with Crippen LogP contribution >= 0.6 is 0 Å². The van der Waals surface area contributed by atoms with Gasteiger partial charge in [0, 0.05) is 30.4 Å². The van der Waals surface area contributed by atoms with Crippen molar-refractivity contribution in [3.05, 3.63) is 24.5 Å². The Kier molecular flexibility index (Phi) is 4.98. The first-order valence-corrected chi connectivity index (χ1v) is 8.36. The Morgan fingerprint density at radius 1 is 1.38 bits per heavy atom. The van der Waals surface area contributed by atoms with Crippen LogP contribution in [0.2, 0.25) is 0 Å². The number of hydrogen-bond acceptors (Lipinski definition) is 4. The summed E-state index contributed by atoms with van der Waals surface area (Å²) in [4.78, 5) is 18.5. The molecular weight excluding hydrogens is 288 g/mol. The summed E-state index contributed by atoms with van der Waals surface area (Å²) in [5.74, 6) is 0. The van der Waals surface area contributed by atoms with Gasteiger partial charge in [-0.3, -0.25) is 9.19 Å². The minimum Gasteiger partial charge on any atom is -0.444 e. The van der Waals surface area contributed by atoms with Crippen LogP contribution in [0, 0.1) is 0 Å². The molecule has 2 heterocycles. The third-order valence-electron chi connectivity index (χ3n) is 3.21. The van der Waals surface area contributed by atoms with Crippen LogP contribution in [0.4, 0.5) is 4.79 Å². The van der Waals surface area contributed by atoms with Gasteiger partial charge in [-0.1, -0.05) is 0 Å². The molecule has 0 spiro atoms. The number of carbonyl (C=O) groups excluding carboxylic acids is 1. The zero-order valence-corrected chi connectivity index (χ0v) is 13.6. The van der Waals surface area contributed by atoms with Gasteiger partial charge in [-0.2, -0.15) is 0 Å². The van der Waals surface area contributed by atoms with Crippen molar-refractivity contribution in [3.8, 4) is 0 Å². The smallest absolute Gasteiger partial charge is 0.410 e. The molecule has 116 valence electrons. The molecule has 2 atom stereocenters. The molecule has 0 aliphatic carbocycles. The van der Waals surface area contributed by atoms with E-state index in [4.69, 9.17) is 4.74 Å². The lowest BCUT2D eigenvalue weighted by Crippen LogP contribution is -2.45. The second-order valence-corrected chi connectivity index (χ2v) is 7.90. The van der Waals surface area contributed by atoms with Crippen LogP contribution in [0.25, 0.3) is 0 Å². The van der Waals surface area contributed by atoms with Crippen LogP contribution in [0.3, 0.4) is 0 Å². The second-order valence-electron chi connectivity index (χ2n) is 6.17. The lowest BCUT2D eigenvalue weighted by atomic mass is 10.1. The molecule has 1 aliphatic heterocycles. The Morgan fingerprint density at radius 3 is 2.67 bits per heavy atom. The zero-order chi connectivity index (χ0) is 15.5. The second kappa shape index (κ2) is 6.56. The molecule has 1 saturated heterocycles. The fourth-order valence-corrected chi connectivity index (χ4v) is 3.74. The van der Waals surface area contributed by atoms with E-state index in [2.05, 4.69) is 4.98 Å². The first-order chi connectivity index (χ1) is 9.87. The molecule has 0 saturated carbocycles. The van der Waals surface area contributed by atoms with Crippen LogP contribution < -0.4 is 0 Å². The van der Waals surface area contributed by atoms with Crippen molar-refractivity contribution >= 4 is 16.9 Å². The Balaban J connectivity index is 2.01. The molecule has 0 bridgehead atoms. The van der Waals surface area contributed by atoms with Crippen LogP contribution in [0.5, 0.6) is 0 Å². The van der Waals surface area contributed by atoms with Crippen molar-refractivity contribution in [1.82, 2.24) is 9.88 Å². The summed E-state index contributed by atoms with van der Waals surface area (Å²) in [6.45, 7) is 6.69. The number of nitrogens with zero attached hydrogens (tertiary/aromatic N) is 2. The predicted octanol–water partition coefficient (Wildman–Crippen LogP) is 2.59. The summed E-state index contributed by atoms with van der Waals surface area (Å²) in [6.07, 6.45) is 4.66. The maximum atomic E-state index is 12.6. The average molecular weight is 310 g/mol. The molecule has 1 fully saturated rings. The molecule has 5 nitrogen and oxygen atoms in total. The Hall–Kier alpha value is -1.43. The third-order valence-corrected chi connectivity index (χ3v) is 4.94. The standard InChI is InChI=1S/C15H22N2O3S/c1-15(2,3)20-14(18)17-10-4-5-13(11-17)21(19)12-6-8-16-9-7-12/h6-9,13H,4-5,10-11H2,1-3H3. The number of aromatic nitrogens is 1. The summed E-state index contributed by atoms with van der Waals surface area (Å²) >= 11 is 0. The number of carbonyl (C=O) groups is 1. The summed E-state index contributed by atoms with van der Waals surface area (Å²) in [6, 6.07) is 3.53. The number of rotatable bonds is 2. The molecule has 2 unspecified atom stereocenters. The molecule has 1 aromatic heterocycles. The van der Waals surface area contributed by atoms with Gasteiger partial charge < -0.3 is 9.64 Å². The quantitative estimate of drug-likeness (QED) is 0.842. The van der Waals surface area contributed by atoms with E-state index in [-0.39, 0.29) is 11.3 Å². The Morgan fingerprint density at radius 2 is 2.05 bits per heavy atom. The molecule has 0 aromatic carbocycles. The van der Waals surface area contributed by atoms with Gasteiger partial charge in [0.2, 0.25) is 0 Å². The van der Waals surface area contributed by atoms with Gasteiger partial charge in [-0.15, -0.1) is 0 Å². The van der Waals surface area contributed by atoms with E-state index < -0.39 is 16.4 Å². The van der Waals surface area contributed by atoms with Crippen LogP contribution in [0.15, 0.2) is 29.4 Å². The van der Waals surface area contributed by atoms with E-state index >= 15 is 0 Å². The monoisotopic (exact) mass is 310 g/mol. The molecule has 1 aliphatic rings. The highest BCUT2D eigenvalue weighted by Gasteiger charge is 2.30. The highest BCUT2D eigenvalue weighted by Crippen LogP contribution is 2.21. The number of pyridine rings is 1. The largest absolute Gasteiger partial charge is 0.444 e. The highest BCUT2D eigenvalue weighted by atomic mass is 32.2. The van der Waals surface area contributed by atoms with Crippen LogP contribution in [-0.4, -0.2) is 44.1 Å². The van der Waals surface area contributed by atoms with Crippen molar-refractivity contribution in [3.63, 3.8) is 0 Å². The summed E-state index contributed by atoms with van der Waals surface area (Å²) in [5, 5.41) is -0.0475. The molecule has 0 N–H and O–H groups in total. The number of likely N-dealkylation sites (tertiary alicyclic amines) is 1. The van der Waals surface area contributed by atoms with Crippen molar-refractivity contribution < 1.29 is 13.7 Å². The fourth-order valence-electron chi connectivity index (χ4n) is 2.27. The van der Waals surface area contributed by atoms with Crippen LogP contribution in [-0.2, 0) is 15.5 Å². The van der Waals surface area contributed by atoms with Crippen molar-refractivity contribution in [2.24, 2.45) is 0 Å². The minimum atomic E-state index is -1.12. The molecular formula is C15H22N2O3S. The number of amides is 1. The lowest BCUT2D eigenvalue weighted by Gasteiger charge is -2.33. The normalized spacial score (nSPS) is 20.9. The van der Waals surface area contributed by atoms with E-state index in [1.165, 1.54) is 0 Å². The van der Waals surface area contributed by atoms with E-state index in [0.717, 1.165) is 17.7 Å². The summed E-state index contributed by atoms with van der Waals surface area (Å²) < 4.78 is 17.9. The van der Waals surface area contributed by atoms with Gasteiger partial charge in [-0.05, 0) is 45.7 Å². The molecule has 6 heteroatoms. The summed E-state index contributed by atoms with van der Waals surface area (Å²) in [5.41, 5.74) is -0.506. The van der Waals surface area contributed by atoms with E-state index in [0.29, 0.717) is 13.1 Å². The average Bonchev–Trinajstić information content (AvgIpc) is 2.46. The highest BCUT2D eigenvalue weighted by molar-refractivity contribution is 7.85. The predicted molar refractivity (Wildman–Crippen MR) is 81.5 cm³/mol. The maximum Gasteiger partial charge on any atom is 0.410 e. The third kappa shape index (κ3) is 4.52. The first kappa shape index (κ1) is 15.9. The lowest BCUT2D eigenvalue weighted by molar-refractivity contribution is 0.0219. The van der Waals surface area contributed by atoms with Gasteiger partial charge in [-0.25, -0.2) is 4.79 Å². The van der Waals surface area contributed by atoms with Gasteiger partial charge in [0.05, 0.1) is 16.0 Å². The molecule has 1 aromatic rings. The first-order valence-electron chi connectivity index (χ1n) is 7.15. The topological polar surface area (TPSA) is 59.5 Å². The fraction of sp³-hybridized carbons (Fsp3) is 0.600. The number of ether oxygens (including phenoxy) is 1. The molecule has 21 heavy (non-hydrogen) atoms. The number of piperidine rings is 1. The molecule has 0 radical (unpaired) electrons. The van der Waals surface area contributed by atoms with E-state index in [9.17, 15) is 9.00 Å².